The van der Waals surface area contributed by atoms with Crippen LogP contribution in [0.5, 0.6) is 11.5 Å². The fourth-order valence-corrected chi connectivity index (χ4v) is 3.37. The van der Waals surface area contributed by atoms with Crippen LogP contribution in [0.15, 0.2) is 60.7 Å². The van der Waals surface area contributed by atoms with E-state index in [0.717, 1.165) is 16.7 Å². The Kier molecular flexibility index (Phi) is 8.12. The first-order valence-corrected chi connectivity index (χ1v) is 10.5. The molecule has 0 amide bonds. The molecule has 0 aromatic heterocycles. The van der Waals surface area contributed by atoms with Gasteiger partial charge in [-0.2, -0.15) is 0 Å². The molecule has 3 aromatic rings. The zero-order chi connectivity index (χ0) is 22.2. The molecule has 0 aliphatic rings. The molecule has 3 aromatic carbocycles. The summed E-state index contributed by atoms with van der Waals surface area (Å²) in [7, 11) is 0. The number of nitro benzene ring substituents is 1. The van der Waals surface area contributed by atoms with E-state index in [9.17, 15) is 10.1 Å². The molecule has 0 heterocycles. The van der Waals surface area contributed by atoms with Gasteiger partial charge in [-0.1, -0.05) is 41.4 Å². The largest absolute Gasteiger partial charge is 0.490 e. The van der Waals surface area contributed by atoms with Gasteiger partial charge in [0.15, 0.2) is 11.5 Å². The van der Waals surface area contributed by atoms with Crippen LogP contribution in [-0.2, 0) is 19.7 Å². The number of halogens is 2. The number of hydrogen-bond donors (Lipinski definition) is 1. The van der Waals surface area contributed by atoms with Gasteiger partial charge in [0, 0.05) is 41.3 Å². The van der Waals surface area contributed by atoms with Crippen LogP contribution in [0.1, 0.15) is 23.6 Å². The van der Waals surface area contributed by atoms with E-state index >= 15 is 0 Å². The van der Waals surface area contributed by atoms with E-state index in [0.29, 0.717) is 41.2 Å². The predicted molar refractivity (Wildman–Crippen MR) is 122 cm³/mol. The third-order valence-electron chi connectivity index (χ3n) is 4.54. The van der Waals surface area contributed by atoms with Crippen molar-refractivity contribution in [3.8, 4) is 11.5 Å². The SMILES string of the molecule is CCOc1cc(CNCc2ccccc2Cl)c(Cl)cc1OCc1ccc([N+](=O)[O-])cc1. The molecule has 0 aliphatic carbocycles. The van der Waals surface area contributed by atoms with E-state index in [1.807, 2.05) is 37.3 Å². The van der Waals surface area contributed by atoms with E-state index in [1.165, 1.54) is 12.1 Å². The van der Waals surface area contributed by atoms with Crippen molar-refractivity contribution in [2.24, 2.45) is 0 Å². The summed E-state index contributed by atoms with van der Waals surface area (Å²) < 4.78 is 11.6. The van der Waals surface area contributed by atoms with E-state index in [-0.39, 0.29) is 12.3 Å². The summed E-state index contributed by atoms with van der Waals surface area (Å²) in [5.41, 5.74) is 2.72. The van der Waals surface area contributed by atoms with Crippen LogP contribution >= 0.6 is 23.2 Å². The minimum absolute atomic E-state index is 0.0374. The van der Waals surface area contributed by atoms with Crippen LogP contribution in [0.3, 0.4) is 0 Å². The van der Waals surface area contributed by atoms with Gasteiger partial charge in [0.25, 0.3) is 5.69 Å². The summed E-state index contributed by atoms with van der Waals surface area (Å²) in [6, 6.07) is 17.5. The van der Waals surface area contributed by atoms with Crippen LogP contribution < -0.4 is 14.8 Å². The first-order chi connectivity index (χ1) is 15.0. The van der Waals surface area contributed by atoms with Crippen molar-refractivity contribution in [1.29, 1.82) is 0 Å². The van der Waals surface area contributed by atoms with Gasteiger partial charge in [0.2, 0.25) is 0 Å². The van der Waals surface area contributed by atoms with Crippen molar-refractivity contribution in [3.63, 3.8) is 0 Å². The average Bonchev–Trinajstić information content (AvgIpc) is 2.76. The maximum absolute atomic E-state index is 10.8. The molecule has 31 heavy (non-hydrogen) atoms. The monoisotopic (exact) mass is 460 g/mol. The van der Waals surface area contributed by atoms with Gasteiger partial charge in [-0.25, -0.2) is 0 Å². The fraction of sp³-hybridized carbons (Fsp3) is 0.217. The summed E-state index contributed by atoms with van der Waals surface area (Å²) in [5.74, 6) is 1.10. The van der Waals surface area contributed by atoms with Gasteiger partial charge in [0.05, 0.1) is 11.5 Å². The lowest BCUT2D eigenvalue weighted by Crippen LogP contribution is -2.13. The second kappa shape index (κ2) is 11.0. The molecule has 3 rings (SSSR count). The van der Waals surface area contributed by atoms with Crippen LogP contribution in [0.4, 0.5) is 5.69 Å². The third-order valence-corrected chi connectivity index (χ3v) is 5.26. The number of ether oxygens (including phenoxy) is 2. The molecule has 162 valence electrons. The Morgan fingerprint density at radius 2 is 1.58 bits per heavy atom. The van der Waals surface area contributed by atoms with E-state index in [4.69, 9.17) is 32.7 Å². The lowest BCUT2D eigenvalue weighted by Gasteiger charge is -2.15. The first kappa shape index (κ1) is 22.9. The molecule has 0 saturated carbocycles. The van der Waals surface area contributed by atoms with Crippen LogP contribution in [-0.4, -0.2) is 11.5 Å². The minimum Gasteiger partial charge on any atom is -0.490 e. The molecule has 1 N–H and O–H groups in total. The van der Waals surface area contributed by atoms with Crippen LogP contribution in [0, 0.1) is 10.1 Å². The van der Waals surface area contributed by atoms with Crippen molar-refractivity contribution in [2.45, 2.75) is 26.6 Å². The second-order valence-corrected chi connectivity index (χ2v) is 7.54. The molecule has 0 spiro atoms. The predicted octanol–water partition coefficient (Wildman–Crippen LogP) is 6.17. The summed E-state index contributed by atoms with van der Waals surface area (Å²) in [6.07, 6.45) is 0. The Hall–Kier alpha value is -2.80. The molecule has 6 nitrogen and oxygen atoms in total. The standard InChI is InChI=1S/C23H22Cl2N2O4/c1-2-30-22-11-18(14-26-13-17-5-3-4-6-20(17)24)21(25)12-23(22)31-15-16-7-9-19(10-8-16)27(28)29/h3-12,26H,2,13-15H2,1H3. The van der Waals surface area contributed by atoms with Gasteiger partial charge in [-0.3, -0.25) is 10.1 Å². The molecule has 8 heteroatoms. The Labute approximate surface area is 190 Å². The first-order valence-electron chi connectivity index (χ1n) is 9.73. The molecular weight excluding hydrogens is 439 g/mol. The molecule has 0 bridgehead atoms. The van der Waals surface area contributed by atoms with E-state index < -0.39 is 4.92 Å². The Morgan fingerprint density at radius 1 is 0.903 bits per heavy atom. The topological polar surface area (TPSA) is 73.6 Å². The van der Waals surface area contributed by atoms with E-state index in [2.05, 4.69) is 5.32 Å². The Bertz CT molecular complexity index is 1040. The van der Waals surface area contributed by atoms with Crippen molar-refractivity contribution in [3.05, 3.63) is 97.5 Å². The zero-order valence-electron chi connectivity index (χ0n) is 16.9. The van der Waals surface area contributed by atoms with Gasteiger partial charge in [-0.05, 0) is 47.9 Å². The van der Waals surface area contributed by atoms with E-state index in [1.54, 1.807) is 18.2 Å². The summed E-state index contributed by atoms with van der Waals surface area (Å²) in [5, 5.41) is 15.4. The number of nitro groups is 1. The maximum Gasteiger partial charge on any atom is 0.269 e. The third kappa shape index (κ3) is 6.34. The van der Waals surface area contributed by atoms with Gasteiger partial charge < -0.3 is 14.8 Å². The average molecular weight is 461 g/mol. The highest BCUT2D eigenvalue weighted by molar-refractivity contribution is 6.31. The smallest absolute Gasteiger partial charge is 0.269 e. The summed E-state index contributed by atoms with van der Waals surface area (Å²) in [6.45, 7) is 3.75. The Balaban J connectivity index is 1.67. The quantitative estimate of drug-likeness (QED) is 0.289. The second-order valence-electron chi connectivity index (χ2n) is 6.73. The highest BCUT2D eigenvalue weighted by Gasteiger charge is 2.12. The molecular formula is C23H22Cl2N2O4. The summed E-state index contributed by atoms with van der Waals surface area (Å²) in [4.78, 5) is 10.3. The number of nitrogens with zero attached hydrogens (tertiary/aromatic N) is 1. The van der Waals surface area contributed by atoms with Crippen molar-refractivity contribution >= 4 is 28.9 Å². The van der Waals surface area contributed by atoms with Gasteiger partial charge >= 0.3 is 0 Å². The minimum atomic E-state index is -0.434. The number of rotatable bonds is 10. The van der Waals surface area contributed by atoms with Crippen molar-refractivity contribution in [2.75, 3.05) is 6.61 Å². The lowest BCUT2D eigenvalue weighted by molar-refractivity contribution is -0.384. The zero-order valence-corrected chi connectivity index (χ0v) is 18.4. The molecule has 0 aliphatic heterocycles. The molecule has 0 unspecified atom stereocenters. The fourth-order valence-electron chi connectivity index (χ4n) is 2.94. The maximum atomic E-state index is 10.8. The molecule has 0 radical (unpaired) electrons. The summed E-state index contributed by atoms with van der Waals surface area (Å²) >= 11 is 12.7. The lowest BCUT2D eigenvalue weighted by atomic mass is 10.1. The van der Waals surface area contributed by atoms with Crippen LogP contribution in [0.25, 0.3) is 0 Å². The number of nitrogens with one attached hydrogen (secondary N) is 1. The number of benzene rings is 3. The van der Waals surface area contributed by atoms with Crippen molar-refractivity contribution < 1.29 is 14.4 Å². The number of hydrogen-bond acceptors (Lipinski definition) is 5. The Morgan fingerprint density at radius 3 is 2.26 bits per heavy atom. The molecule has 0 fully saturated rings. The molecule has 0 atom stereocenters. The highest BCUT2D eigenvalue weighted by Crippen LogP contribution is 2.34. The molecule has 0 saturated heterocycles. The van der Waals surface area contributed by atoms with Gasteiger partial charge in [0.1, 0.15) is 6.61 Å². The van der Waals surface area contributed by atoms with Crippen molar-refractivity contribution in [1.82, 2.24) is 5.32 Å². The highest BCUT2D eigenvalue weighted by atomic mass is 35.5. The number of non-ortho nitro benzene ring substituents is 1. The normalized spacial score (nSPS) is 10.7. The van der Waals surface area contributed by atoms with Crippen LogP contribution in [0.2, 0.25) is 10.0 Å². The van der Waals surface area contributed by atoms with Gasteiger partial charge in [-0.15, -0.1) is 0 Å².